The molecule has 7 nitrogen and oxygen atoms in total. The van der Waals surface area contributed by atoms with Crippen LogP contribution in [0.2, 0.25) is 5.02 Å². The summed E-state index contributed by atoms with van der Waals surface area (Å²) in [6, 6.07) is 7.41. The van der Waals surface area contributed by atoms with Crippen LogP contribution in [0.1, 0.15) is 22.8 Å². The number of carbonyl (C=O) groups is 1. The first-order chi connectivity index (χ1) is 11.9. The molecule has 25 heavy (non-hydrogen) atoms. The van der Waals surface area contributed by atoms with E-state index < -0.39 is 10.8 Å². The molecule has 0 radical (unpaired) electrons. The van der Waals surface area contributed by atoms with Crippen molar-refractivity contribution >= 4 is 28.9 Å². The zero-order valence-corrected chi connectivity index (χ0v) is 14.7. The Morgan fingerprint density at radius 1 is 1.32 bits per heavy atom. The molecule has 0 aliphatic heterocycles. The minimum atomic E-state index is -0.498. The highest BCUT2D eigenvalue weighted by atomic mass is 35.5. The van der Waals surface area contributed by atoms with E-state index in [9.17, 15) is 14.9 Å². The molecule has 0 fully saturated rings. The molecular formula is C17H17ClN2O5. The van der Waals surface area contributed by atoms with E-state index in [2.05, 4.69) is 5.32 Å². The molecule has 0 heterocycles. The van der Waals surface area contributed by atoms with Gasteiger partial charge >= 0.3 is 0 Å². The van der Waals surface area contributed by atoms with Crippen molar-refractivity contribution < 1.29 is 19.2 Å². The quantitative estimate of drug-likeness (QED) is 0.612. The summed E-state index contributed by atoms with van der Waals surface area (Å²) >= 11 is 6.15. The highest BCUT2D eigenvalue weighted by Gasteiger charge is 2.17. The molecular weight excluding hydrogens is 348 g/mol. The molecule has 8 heteroatoms. The van der Waals surface area contributed by atoms with Gasteiger partial charge in [-0.15, -0.1) is 0 Å². The van der Waals surface area contributed by atoms with Gasteiger partial charge in [-0.3, -0.25) is 14.9 Å². The number of nitrogens with one attached hydrogen (secondary N) is 1. The van der Waals surface area contributed by atoms with Gasteiger partial charge in [-0.2, -0.15) is 0 Å². The maximum absolute atomic E-state index is 12.4. The average molecular weight is 365 g/mol. The molecule has 2 rings (SSSR count). The van der Waals surface area contributed by atoms with Crippen molar-refractivity contribution in [3.8, 4) is 11.5 Å². The summed E-state index contributed by atoms with van der Waals surface area (Å²) in [6.07, 6.45) is 0. The minimum absolute atomic E-state index is 0.0693. The van der Waals surface area contributed by atoms with Crippen LogP contribution in [0.4, 0.5) is 11.4 Å². The fraction of sp³-hybridized carbons (Fsp3) is 0.235. The second kappa shape index (κ2) is 7.85. The van der Waals surface area contributed by atoms with E-state index in [1.54, 1.807) is 26.0 Å². The molecule has 2 aromatic rings. The van der Waals surface area contributed by atoms with Gasteiger partial charge in [-0.25, -0.2) is 0 Å². The Labute approximate surface area is 149 Å². The van der Waals surface area contributed by atoms with Gasteiger partial charge in [0.2, 0.25) is 0 Å². The molecule has 0 aromatic heterocycles. The molecule has 0 aliphatic carbocycles. The second-order valence-electron chi connectivity index (χ2n) is 5.13. The summed E-state index contributed by atoms with van der Waals surface area (Å²) in [7, 11) is 1.44. The number of nitro benzene ring substituents is 1. The predicted molar refractivity (Wildman–Crippen MR) is 95.0 cm³/mol. The Morgan fingerprint density at radius 3 is 2.64 bits per heavy atom. The Hall–Kier alpha value is -2.80. The molecule has 0 spiro atoms. The Bertz CT molecular complexity index is 823. The van der Waals surface area contributed by atoms with Crippen LogP contribution in [0.15, 0.2) is 30.3 Å². The van der Waals surface area contributed by atoms with E-state index >= 15 is 0 Å². The molecule has 2 aromatic carbocycles. The lowest BCUT2D eigenvalue weighted by Crippen LogP contribution is -2.12. The number of ether oxygens (including phenoxy) is 2. The van der Waals surface area contributed by atoms with Crippen molar-refractivity contribution in [2.45, 2.75) is 13.8 Å². The number of benzene rings is 2. The number of rotatable bonds is 6. The number of nitro groups is 1. The lowest BCUT2D eigenvalue weighted by atomic mass is 10.1. The number of halogens is 1. The van der Waals surface area contributed by atoms with E-state index in [0.29, 0.717) is 29.4 Å². The lowest BCUT2D eigenvalue weighted by molar-refractivity contribution is -0.385. The Morgan fingerprint density at radius 2 is 2.04 bits per heavy atom. The molecule has 0 aliphatic rings. The zero-order chi connectivity index (χ0) is 18.6. The monoisotopic (exact) mass is 364 g/mol. The maximum Gasteiger partial charge on any atom is 0.274 e. The summed E-state index contributed by atoms with van der Waals surface area (Å²) in [4.78, 5) is 22.9. The standard InChI is InChI=1S/C17H17ClN2O5/c1-4-25-16-13(18)7-11(8-15(16)24-3)17(21)19-12-6-5-10(2)14(9-12)20(22)23/h5-9H,4H2,1-3H3,(H,19,21). The number of carbonyl (C=O) groups excluding carboxylic acids is 1. The summed E-state index contributed by atoms with van der Waals surface area (Å²) in [5, 5.41) is 13.9. The minimum Gasteiger partial charge on any atom is -0.493 e. The Balaban J connectivity index is 2.31. The van der Waals surface area contributed by atoms with Gasteiger partial charge in [0.25, 0.3) is 11.6 Å². The SMILES string of the molecule is CCOc1c(Cl)cc(C(=O)Nc2ccc(C)c([N+](=O)[O-])c2)cc1OC. The van der Waals surface area contributed by atoms with Crippen LogP contribution in [-0.2, 0) is 0 Å². The average Bonchev–Trinajstić information content (AvgIpc) is 2.57. The van der Waals surface area contributed by atoms with E-state index in [1.807, 2.05) is 0 Å². The Kier molecular flexibility index (Phi) is 5.82. The third-order valence-corrected chi connectivity index (χ3v) is 3.72. The van der Waals surface area contributed by atoms with E-state index in [0.717, 1.165) is 0 Å². The number of hydrogen-bond donors (Lipinski definition) is 1. The van der Waals surface area contributed by atoms with Crippen molar-refractivity contribution in [3.05, 3.63) is 56.6 Å². The van der Waals surface area contributed by atoms with Gasteiger partial charge in [0, 0.05) is 22.9 Å². The van der Waals surface area contributed by atoms with Gasteiger partial charge < -0.3 is 14.8 Å². The number of aryl methyl sites for hydroxylation is 1. The van der Waals surface area contributed by atoms with Crippen LogP contribution in [0.3, 0.4) is 0 Å². The first kappa shape index (κ1) is 18.5. The van der Waals surface area contributed by atoms with E-state index in [1.165, 1.54) is 25.3 Å². The largest absolute Gasteiger partial charge is 0.493 e. The molecule has 0 saturated carbocycles. The third kappa shape index (κ3) is 4.19. The van der Waals surface area contributed by atoms with Gasteiger partial charge in [0.05, 0.1) is 23.7 Å². The normalized spacial score (nSPS) is 10.2. The summed E-state index contributed by atoms with van der Waals surface area (Å²) in [6.45, 7) is 3.83. The van der Waals surface area contributed by atoms with Crippen LogP contribution >= 0.6 is 11.6 Å². The highest BCUT2D eigenvalue weighted by molar-refractivity contribution is 6.32. The smallest absolute Gasteiger partial charge is 0.274 e. The number of nitrogens with zero attached hydrogens (tertiary/aromatic N) is 1. The molecule has 0 bridgehead atoms. The molecule has 0 saturated heterocycles. The number of anilines is 1. The van der Waals surface area contributed by atoms with Gasteiger partial charge in [-0.05, 0) is 32.0 Å². The molecule has 0 atom stereocenters. The van der Waals surface area contributed by atoms with Crippen molar-refractivity contribution in [3.63, 3.8) is 0 Å². The first-order valence-electron chi connectivity index (χ1n) is 7.44. The third-order valence-electron chi connectivity index (χ3n) is 3.44. The van der Waals surface area contributed by atoms with Gasteiger partial charge in [0.1, 0.15) is 0 Å². The fourth-order valence-corrected chi connectivity index (χ4v) is 2.49. The van der Waals surface area contributed by atoms with E-state index in [4.69, 9.17) is 21.1 Å². The summed E-state index contributed by atoms with van der Waals surface area (Å²) in [5.41, 5.74) is 0.994. The lowest BCUT2D eigenvalue weighted by Gasteiger charge is -2.13. The van der Waals surface area contributed by atoms with Crippen molar-refractivity contribution in [2.75, 3.05) is 19.0 Å². The highest BCUT2D eigenvalue weighted by Crippen LogP contribution is 2.36. The van der Waals surface area contributed by atoms with Crippen molar-refractivity contribution in [1.82, 2.24) is 0 Å². The summed E-state index contributed by atoms with van der Waals surface area (Å²) in [5.74, 6) is 0.213. The van der Waals surface area contributed by atoms with Crippen LogP contribution in [0.5, 0.6) is 11.5 Å². The molecule has 1 N–H and O–H groups in total. The fourth-order valence-electron chi connectivity index (χ4n) is 2.22. The van der Waals surface area contributed by atoms with Crippen LogP contribution in [0.25, 0.3) is 0 Å². The number of methoxy groups -OCH3 is 1. The zero-order valence-electron chi connectivity index (χ0n) is 14.0. The topological polar surface area (TPSA) is 90.7 Å². The first-order valence-corrected chi connectivity index (χ1v) is 7.81. The molecule has 1 amide bonds. The molecule has 0 unspecified atom stereocenters. The second-order valence-corrected chi connectivity index (χ2v) is 5.54. The van der Waals surface area contributed by atoms with Gasteiger partial charge in [0.15, 0.2) is 11.5 Å². The number of hydrogen-bond acceptors (Lipinski definition) is 5. The van der Waals surface area contributed by atoms with Crippen LogP contribution in [0, 0.1) is 17.0 Å². The van der Waals surface area contributed by atoms with Crippen molar-refractivity contribution in [2.24, 2.45) is 0 Å². The summed E-state index contributed by atoms with van der Waals surface area (Å²) < 4.78 is 10.6. The van der Waals surface area contributed by atoms with Gasteiger partial charge in [-0.1, -0.05) is 17.7 Å². The van der Waals surface area contributed by atoms with Crippen LogP contribution < -0.4 is 14.8 Å². The van der Waals surface area contributed by atoms with E-state index in [-0.39, 0.29) is 16.3 Å². The predicted octanol–water partition coefficient (Wildman–Crippen LogP) is 4.22. The van der Waals surface area contributed by atoms with Crippen LogP contribution in [-0.4, -0.2) is 24.5 Å². The maximum atomic E-state index is 12.4. The number of amides is 1. The molecule has 132 valence electrons. The van der Waals surface area contributed by atoms with Crippen molar-refractivity contribution in [1.29, 1.82) is 0 Å².